The van der Waals surface area contributed by atoms with E-state index in [1.807, 2.05) is 36.0 Å². The predicted molar refractivity (Wildman–Crippen MR) is 140 cm³/mol. The van der Waals surface area contributed by atoms with Crippen molar-refractivity contribution >= 4 is 45.6 Å². The van der Waals surface area contributed by atoms with Crippen LogP contribution in [0.2, 0.25) is 5.02 Å². The van der Waals surface area contributed by atoms with Crippen molar-refractivity contribution in [2.24, 2.45) is 0 Å². The van der Waals surface area contributed by atoms with Crippen LogP contribution in [-0.2, 0) is 16.8 Å². The number of amides is 1. The zero-order chi connectivity index (χ0) is 24.3. The van der Waals surface area contributed by atoms with E-state index in [2.05, 4.69) is 27.1 Å². The number of benzene rings is 1. The summed E-state index contributed by atoms with van der Waals surface area (Å²) in [4.78, 5) is 29.8. The molecule has 1 aliphatic carbocycles. The van der Waals surface area contributed by atoms with Gasteiger partial charge in [-0.3, -0.25) is 4.79 Å². The number of rotatable bonds is 5. The second-order valence-corrected chi connectivity index (χ2v) is 11.2. The molecule has 2 aliphatic rings. The summed E-state index contributed by atoms with van der Waals surface area (Å²) < 4.78 is 0. The number of anilines is 1. The number of aliphatic hydroxyl groups is 1. The Morgan fingerprint density at radius 3 is 2.83 bits per heavy atom. The third kappa shape index (κ3) is 3.85. The predicted octanol–water partition coefficient (Wildman–Crippen LogP) is 4.83. The number of halogens is 1. The van der Waals surface area contributed by atoms with Crippen LogP contribution >= 0.6 is 22.9 Å². The van der Waals surface area contributed by atoms with E-state index in [4.69, 9.17) is 11.6 Å². The second-order valence-electron chi connectivity index (χ2n) is 9.72. The molecule has 9 heteroatoms. The van der Waals surface area contributed by atoms with Gasteiger partial charge in [0.15, 0.2) is 0 Å². The zero-order valence-corrected chi connectivity index (χ0v) is 21.2. The van der Waals surface area contributed by atoms with Crippen molar-refractivity contribution in [1.82, 2.24) is 19.9 Å². The maximum absolute atomic E-state index is 12.6. The second kappa shape index (κ2) is 8.41. The Morgan fingerprint density at radius 2 is 2.09 bits per heavy atom. The molecule has 1 fully saturated rings. The summed E-state index contributed by atoms with van der Waals surface area (Å²) in [6, 6.07) is 8.31. The Balaban J connectivity index is 1.36. The Bertz CT molecular complexity index is 1460. The number of hydrogen-bond acceptors (Lipinski definition) is 6. The van der Waals surface area contributed by atoms with Gasteiger partial charge in [0.05, 0.1) is 16.4 Å². The molecule has 0 bridgehead atoms. The Hall–Kier alpha value is -2.78. The number of nitrogens with one attached hydrogen (secondary N) is 1. The first-order chi connectivity index (χ1) is 16.8. The van der Waals surface area contributed by atoms with Gasteiger partial charge in [0, 0.05) is 41.3 Å². The normalized spacial score (nSPS) is 16.7. The van der Waals surface area contributed by atoms with Crippen LogP contribution < -0.4 is 4.90 Å². The van der Waals surface area contributed by atoms with Gasteiger partial charge in [0.2, 0.25) is 5.91 Å². The molecule has 35 heavy (non-hydrogen) atoms. The number of pyridine rings is 1. The number of aromatic amines is 1. The largest absolute Gasteiger partial charge is 0.383 e. The highest BCUT2D eigenvalue weighted by Gasteiger charge is 2.39. The SMILES string of the molecule is CN(C)CC(=O)N1CCc2cc(-c3cc4c(-c5cnc(C6(O)CCC6)s5)c(Cl)cnc4[nH]3)ccc21. The highest BCUT2D eigenvalue weighted by Crippen LogP contribution is 2.46. The molecule has 3 aromatic heterocycles. The average Bonchev–Trinajstić information content (AvgIpc) is 3.54. The fourth-order valence-electron chi connectivity index (χ4n) is 4.97. The van der Waals surface area contributed by atoms with Gasteiger partial charge in [-0.1, -0.05) is 17.7 Å². The quantitative estimate of drug-likeness (QED) is 0.404. The summed E-state index contributed by atoms with van der Waals surface area (Å²) in [5.74, 6) is 0.117. The first-order valence-electron chi connectivity index (χ1n) is 11.8. The average molecular weight is 508 g/mol. The Labute approximate surface area is 212 Å². The molecular weight excluding hydrogens is 482 g/mol. The van der Waals surface area contributed by atoms with Crippen LogP contribution in [0.5, 0.6) is 0 Å². The molecule has 1 aromatic carbocycles. The monoisotopic (exact) mass is 507 g/mol. The highest BCUT2D eigenvalue weighted by atomic mass is 35.5. The van der Waals surface area contributed by atoms with Gasteiger partial charge >= 0.3 is 0 Å². The molecule has 0 unspecified atom stereocenters. The number of likely N-dealkylation sites (N-methyl/N-ethyl adjacent to an activating group) is 1. The van der Waals surface area contributed by atoms with Gasteiger partial charge in [-0.15, -0.1) is 11.3 Å². The van der Waals surface area contributed by atoms with Crippen LogP contribution in [0.25, 0.3) is 32.7 Å². The lowest BCUT2D eigenvalue weighted by Gasteiger charge is -2.34. The van der Waals surface area contributed by atoms with Gasteiger partial charge in [-0.2, -0.15) is 0 Å². The summed E-state index contributed by atoms with van der Waals surface area (Å²) in [7, 11) is 3.81. The minimum Gasteiger partial charge on any atom is -0.383 e. The molecule has 0 saturated heterocycles. The van der Waals surface area contributed by atoms with Crippen LogP contribution in [0, 0.1) is 0 Å². The summed E-state index contributed by atoms with van der Waals surface area (Å²) >= 11 is 8.12. The molecule has 4 heterocycles. The Kier molecular flexibility index (Phi) is 5.45. The van der Waals surface area contributed by atoms with Crippen LogP contribution in [-0.4, -0.2) is 58.1 Å². The summed E-state index contributed by atoms with van der Waals surface area (Å²) in [5.41, 5.74) is 4.98. The highest BCUT2D eigenvalue weighted by molar-refractivity contribution is 7.15. The van der Waals surface area contributed by atoms with Crippen molar-refractivity contribution in [3.8, 4) is 21.7 Å². The number of hydrogen-bond donors (Lipinski definition) is 2. The third-order valence-corrected chi connectivity index (χ3v) is 8.48. The molecule has 0 spiro atoms. The van der Waals surface area contributed by atoms with Crippen molar-refractivity contribution in [1.29, 1.82) is 0 Å². The van der Waals surface area contributed by atoms with Crippen LogP contribution in [0.1, 0.15) is 29.8 Å². The fourth-order valence-corrected chi connectivity index (χ4v) is 6.41. The first-order valence-corrected chi connectivity index (χ1v) is 13.0. The lowest BCUT2D eigenvalue weighted by molar-refractivity contribution is -0.119. The van der Waals surface area contributed by atoms with E-state index >= 15 is 0 Å². The minimum absolute atomic E-state index is 0.117. The molecule has 1 aliphatic heterocycles. The maximum atomic E-state index is 12.6. The van der Waals surface area contributed by atoms with E-state index in [1.165, 1.54) is 16.9 Å². The van der Waals surface area contributed by atoms with Crippen LogP contribution in [0.15, 0.2) is 36.7 Å². The van der Waals surface area contributed by atoms with E-state index in [1.54, 1.807) is 12.4 Å². The molecule has 1 saturated carbocycles. The molecule has 1 amide bonds. The van der Waals surface area contributed by atoms with Crippen molar-refractivity contribution in [3.05, 3.63) is 52.3 Å². The number of carbonyl (C=O) groups is 1. The topological polar surface area (TPSA) is 85.3 Å². The number of H-pyrrole nitrogens is 1. The molecule has 4 aromatic rings. The molecule has 0 radical (unpaired) electrons. The molecule has 6 rings (SSSR count). The molecule has 0 atom stereocenters. The molecular formula is C26H26ClN5O2S. The number of fused-ring (bicyclic) bond motifs is 2. The smallest absolute Gasteiger partial charge is 0.241 e. The maximum Gasteiger partial charge on any atom is 0.241 e. The van der Waals surface area contributed by atoms with Gasteiger partial charge in [0.1, 0.15) is 16.3 Å². The third-order valence-electron chi connectivity index (χ3n) is 6.98. The van der Waals surface area contributed by atoms with Crippen molar-refractivity contribution < 1.29 is 9.90 Å². The molecule has 7 nitrogen and oxygen atoms in total. The van der Waals surface area contributed by atoms with Crippen LogP contribution in [0.4, 0.5) is 5.69 Å². The lowest BCUT2D eigenvalue weighted by atomic mass is 9.81. The van der Waals surface area contributed by atoms with Crippen LogP contribution in [0.3, 0.4) is 0 Å². The van der Waals surface area contributed by atoms with E-state index in [9.17, 15) is 9.90 Å². The van der Waals surface area contributed by atoms with Crippen molar-refractivity contribution in [3.63, 3.8) is 0 Å². The van der Waals surface area contributed by atoms with Gasteiger partial charge in [-0.05, 0) is 69.1 Å². The fraction of sp³-hybridized carbons (Fsp3) is 0.346. The zero-order valence-electron chi connectivity index (χ0n) is 19.6. The molecule has 2 N–H and O–H groups in total. The number of nitrogens with zero attached hydrogens (tertiary/aromatic N) is 4. The lowest BCUT2D eigenvalue weighted by Crippen LogP contribution is -2.36. The van der Waals surface area contributed by atoms with Crippen molar-refractivity contribution in [2.45, 2.75) is 31.3 Å². The summed E-state index contributed by atoms with van der Waals surface area (Å²) in [6.45, 7) is 1.11. The van der Waals surface area contributed by atoms with Crippen molar-refractivity contribution in [2.75, 3.05) is 32.1 Å². The van der Waals surface area contributed by atoms with Gasteiger partial charge in [-0.25, -0.2) is 9.97 Å². The summed E-state index contributed by atoms with van der Waals surface area (Å²) in [5, 5.41) is 13.0. The Morgan fingerprint density at radius 1 is 1.26 bits per heavy atom. The van der Waals surface area contributed by atoms with E-state index in [0.717, 1.165) is 69.1 Å². The minimum atomic E-state index is -0.795. The molecule has 180 valence electrons. The van der Waals surface area contributed by atoms with Gasteiger partial charge in [0.25, 0.3) is 0 Å². The standard InChI is InChI=1S/C26H26ClN5O2S/c1-31(2)14-22(33)32-9-6-16-10-15(4-5-20(16)32)19-11-17-23(18(27)12-28-24(17)30-19)21-13-29-25(35-21)26(34)7-3-8-26/h4-5,10-13,34H,3,6-9,14H2,1-2H3,(H,28,30). The number of carbonyl (C=O) groups excluding carboxylic acids is 1. The number of thiazole rings is 1. The number of aromatic nitrogens is 3. The van der Waals surface area contributed by atoms with E-state index in [0.29, 0.717) is 18.1 Å². The van der Waals surface area contributed by atoms with E-state index in [-0.39, 0.29) is 5.91 Å². The summed E-state index contributed by atoms with van der Waals surface area (Å²) in [6.07, 6.45) is 6.83. The first kappa shape index (κ1) is 22.7. The van der Waals surface area contributed by atoms with Gasteiger partial charge < -0.3 is 19.9 Å². The van der Waals surface area contributed by atoms with E-state index < -0.39 is 5.60 Å².